The van der Waals surface area contributed by atoms with Crippen LogP contribution in [0, 0.1) is 13.8 Å². The number of aryl methyl sites for hydroxylation is 2. The van der Waals surface area contributed by atoms with Crippen molar-refractivity contribution < 1.29 is 9.59 Å². The van der Waals surface area contributed by atoms with Crippen LogP contribution in [-0.4, -0.2) is 16.4 Å². The number of carbonyl (C=O) groups excluding carboxylic acids is 2. The third kappa shape index (κ3) is 5.38. The van der Waals surface area contributed by atoms with Gasteiger partial charge in [0, 0.05) is 21.9 Å². The lowest BCUT2D eigenvalue weighted by molar-refractivity contribution is 0.0926. The monoisotopic (exact) mass is 720 g/mol. The zero-order valence-electron chi connectivity index (χ0n) is 31.0. The zero-order chi connectivity index (χ0) is 37.9. The van der Waals surface area contributed by atoms with E-state index in [1.165, 1.54) is 16.0 Å². The molecule has 10 rings (SSSR count). The number of anilines is 1. The molecule has 9 aromatic rings. The van der Waals surface area contributed by atoms with E-state index in [9.17, 15) is 4.79 Å². The first-order chi connectivity index (χ1) is 27.4. The maximum Gasteiger partial charge on any atom is 0.268 e. The predicted octanol–water partition coefficient (Wildman–Crippen LogP) is 12.9. The summed E-state index contributed by atoms with van der Waals surface area (Å²) in [6, 6.07) is 61.6. The molecule has 0 radical (unpaired) electrons. The second-order valence-corrected chi connectivity index (χ2v) is 14.6. The van der Waals surface area contributed by atoms with Crippen LogP contribution in [-0.2, 0) is 0 Å². The van der Waals surface area contributed by atoms with E-state index in [0.717, 1.165) is 66.3 Å². The normalized spacial score (nSPS) is 12.5. The summed E-state index contributed by atoms with van der Waals surface area (Å²) in [5, 5.41) is 2.16. The number of amides is 2. The molecule has 0 spiro atoms. The average molecular weight is 721 g/mol. The third-order valence-electron chi connectivity index (χ3n) is 11.0. The molecular weight excluding hydrogens is 685 g/mol. The van der Waals surface area contributed by atoms with Gasteiger partial charge >= 0.3 is 0 Å². The van der Waals surface area contributed by atoms with Gasteiger partial charge in [0.05, 0.1) is 33.5 Å². The molecule has 0 saturated heterocycles. The minimum atomic E-state index is -0.348. The lowest BCUT2D eigenvalue weighted by Crippen LogP contribution is -2.30. The first-order valence-electron chi connectivity index (χ1n) is 18.9. The molecule has 0 atom stereocenters. The highest BCUT2D eigenvalue weighted by Crippen LogP contribution is 2.47. The predicted molar refractivity (Wildman–Crippen MR) is 230 cm³/mol. The second kappa shape index (κ2) is 13.2. The highest BCUT2D eigenvalue weighted by molar-refractivity contribution is 6.37. The Labute approximate surface area is 325 Å². The van der Waals surface area contributed by atoms with Crippen molar-refractivity contribution in [1.29, 1.82) is 0 Å². The van der Waals surface area contributed by atoms with Gasteiger partial charge in [-0.3, -0.25) is 9.59 Å². The second-order valence-electron chi connectivity index (χ2n) is 14.6. The van der Waals surface area contributed by atoms with E-state index in [0.29, 0.717) is 22.5 Å². The fourth-order valence-corrected chi connectivity index (χ4v) is 8.56. The molecule has 56 heavy (non-hydrogen) atoms. The number of hydrogen-bond acceptors (Lipinski definition) is 2. The first-order valence-corrected chi connectivity index (χ1v) is 18.9. The van der Waals surface area contributed by atoms with E-state index in [4.69, 9.17) is 0 Å². The zero-order valence-corrected chi connectivity index (χ0v) is 31.0. The topological polar surface area (TPSA) is 42.3 Å². The quantitative estimate of drug-likeness (QED) is 0.161. The highest BCUT2D eigenvalue weighted by Gasteiger charge is 2.41. The van der Waals surface area contributed by atoms with Gasteiger partial charge in [-0.15, -0.1) is 0 Å². The van der Waals surface area contributed by atoms with Crippen molar-refractivity contribution in [3.8, 4) is 50.2 Å². The number of rotatable bonds is 6. The number of hydrogen-bond donors (Lipinski definition) is 0. The Bertz CT molecular complexity index is 2940. The Morgan fingerprint density at radius 3 is 1.57 bits per heavy atom. The number of aromatic nitrogens is 1. The van der Waals surface area contributed by atoms with Crippen LogP contribution in [0.2, 0.25) is 0 Å². The average Bonchev–Trinajstić information content (AvgIpc) is 3.70. The van der Waals surface area contributed by atoms with Crippen LogP contribution < -0.4 is 4.90 Å². The van der Waals surface area contributed by atoms with Gasteiger partial charge in [-0.05, 0) is 83.6 Å². The van der Waals surface area contributed by atoms with Crippen LogP contribution >= 0.6 is 0 Å². The van der Waals surface area contributed by atoms with Crippen molar-refractivity contribution in [2.75, 3.05) is 4.90 Å². The summed E-state index contributed by atoms with van der Waals surface area (Å²) in [6.45, 7) is 4.24. The van der Waals surface area contributed by atoms with Crippen LogP contribution in [0.4, 0.5) is 5.69 Å². The van der Waals surface area contributed by atoms with Crippen molar-refractivity contribution in [2.45, 2.75) is 13.8 Å². The summed E-state index contributed by atoms with van der Waals surface area (Å²) in [5.41, 5.74) is 14.1. The van der Waals surface area contributed by atoms with Crippen molar-refractivity contribution in [3.05, 3.63) is 204 Å². The minimum Gasteiger partial charge on any atom is -0.308 e. The summed E-state index contributed by atoms with van der Waals surface area (Å²) < 4.78 is 2.17. The summed E-state index contributed by atoms with van der Waals surface area (Å²) in [4.78, 5) is 31.8. The van der Waals surface area contributed by atoms with Crippen LogP contribution in [0.25, 0.3) is 72.0 Å². The molecule has 0 bridgehead atoms. The Morgan fingerprint density at radius 1 is 0.375 bits per heavy atom. The largest absolute Gasteiger partial charge is 0.308 e. The van der Waals surface area contributed by atoms with Gasteiger partial charge in [0.25, 0.3) is 11.8 Å². The van der Waals surface area contributed by atoms with E-state index in [1.54, 1.807) is 6.07 Å². The van der Waals surface area contributed by atoms with Crippen molar-refractivity contribution in [3.63, 3.8) is 0 Å². The molecule has 0 unspecified atom stereocenters. The summed E-state index contributed by atoms with van der Waals surface area (Å²) in [6.07, 6.45) is 0. The molecule has 2 amide bonds. The molecule has 0 fully saturated rings. The minimum absolute atomic E-state index is 0.342. The molecular formula is C52H36N2O2. The van der Waals surface area contributed by atoms with Crippen LogP contribution in [0.3, 0.4) is 0 Å². The molecule has 1 aromatic heterocycles. The van der Waals surface area contributed by atoms with Gasteiger partial charge in [-0.1, -0.05) is 157 Å². The van der Waals surface area contributed by atoms with E-state index >= 15 is 4.79 Å². The van der Waals surface area contributed by atoms with E-state index in [-0.39, 0.29) is 11.8 Å². The molecule has 0 N–H and O–H groups in total. The molecule has 0 aliphatic carbocycles. The maximum atomic E-state index is 15.4. The summed E-state index contributed by atoms with van der Waals surface area (Å²) in [7, 11) is 0. The van der Waals surface area contributed by atoms with E-state index < -0.39 is 0 Å². The molecule has 8 aromatic carbocycles. The van der Waals surface area contributed by atoms with Gasteiger partial charge in [-0.25, -0.2) is 4.90 Å². The molecule has 2 heterocycles. The fraction of sp³-hybridized carbons (Fsp3) is 0.0385. The van der Waals surface area contributed by atoms with Crippen molar-refractivity contribution in [1.82, 2.24) is 4.57 Å². The smallest absolute Gasteiger partial charge is 0.268 e. The molecule has 4 nitrogen and oxygen atoms in total. The summed E-state index contributed by atoms with van der Waals surface area (Å²) in [5.74, 6) is -0.691. The lowest BCUT2D eigenvalue weighted by atomic mass is 9.90. The van der Waals surface area contributed by atoms with E-state index in [2.05, 4.69) is 91.2 Å². The number of imide groups is 1. The van der Waals surface area contributed by atoms with Gasteiger partial charge in [0.1, 0.15) is 0 Å². The number of carbonyl (C=O) groups is 2. The molecule has 0 saturated carbocycles. The van der Waals surface area contributed by atoms with E-state index in [1.807, 2.05) is 103 Å². The van der Waals surface area contributed by atoms with Crippen LogP contribution in [0.5, 0.6) is 0 Å². The SMILES string of the molecule is Cc1cc(C)cc(-c2ccc3c4ccccc4n(-c4cccc5c4C(=O)N(c4c(-c6ccccc6)cc(-c6ccccc6)cc4-c4ccccc4)C5=O)c3c2)c1. The summed E-state index contributed by atoms with van der Waals surface area (Å²) >= 11 is 0. The third-order valence-corrected chi connectivity index (χ3v) is 11.0. The van der Waals surface area contributed by atoms with Gasteiger partial charge < -0.3 is 4.57 Å². The number of para-hydroxylation sites is 1. The van der Waals surface area contributed by atoms with Gasteiger partial charge in [-0.2, -0.15) is 0 Å². The molecule has 1 aliphatic heterocycles. The van der Waals surface area contributed by atoms with Crippen molar-refractivity contribution >= 4 is 39.3 Å². The van der Waals surface area contributed by atoms with Gasteiger partial charge in [0.2, 0.25) is 0 Å². The number of fused-ring (bicyclic) bond motifs is 4. The Hall–Kier alpha value is -7.30. The molecule has 1 aliphatic rings. The first kappa shape index (κ1) is 33.3. The lowest BCUT2D eigenvalue weighted by Gasteiger charge is -2.24. The van der Waals surface area contributed by atoms with Gasteiger partial charge in [0.15, 0.2) is 0 Å². The standard InChI is InChI=1S/C52H36N2O2/c1-33-27-34(2)29-39(28-33)38-25-26-42-41-21-12-13-23-46(41)53(48(42)32-38)47-24-14-22-43-49(47)52(56)54(51(43)55)50-44(36-17-8-4-9-18-36)30-40(35-15-6-3-7-16-35)31-45(50)37-19-10-5-11-20-37/h3-32H,1-2H3. The Kier molecular flexibility index (Phi) is 7.86. The van der Waals surface area contributed by atoms with Crippen molar-refractivity contribution in [2.24, 2.45) is 0 Å². The molecule has 4 heteroatoms. The fourth-order valence-electron chi connectivity index (χ4n) is 8.56. The Morgan fingerprint density at radius 2 is 0.929 bits per heavy atom. The maximum absolute atomic E-state index is 15.4. The number of nitrogens with zero attached hydrogens (tertiary/aromatic N) is 2. The highest BCUT2D eigenvalue weighted by atomic mass is 16.2. The Balaban J connectivity index is 1.22. The van der Waals surface area contributed by atoms with Crippen LogP contribution in [0.1, 0.15) is 31.8 Å². The number of benzene rings is 8. The molecule has 266 valence electrons. The van der Waals surface area contributed by atoms with Crippen LogP contribution in [0.15, 0.2) is 182 Å².